The molecule has 4 nitrogen and oxygen atoms in total. The van der Waals surface area contributed by atoms with Crippen molar-refractivity contribution in [2.24, 2.45) is 0 Å². The Morgan fingerprint density at radius 2 is 2.18 bits per heavy atom. The number of aromatic nitrogens is 1. The van der Waals surface area contributed by atoms with Gasteiger partial charge in [0.25, 0.3) is 0 Å². The Morgan fingerprint density at radius 3 is 2.76 bits per heavy atom. The van der Waals surface area contributed by atoms with Crippen LogP contribution in [0, 0.1) is 0 Å². The minimum Gasteiger partial charge on any atom is -0.378 e. The first-order valence-corrected chi connectivity index (χ1v) is 6.21. The number of nitrogens with zero attached hydrogens (tertiary/aromatic N) is 2. The average molecular weight is 236 g/mol. The first-order valence-electron chi connectivity index (χ1n) is 6.21. The summed E-state index contributed by atoms with van der Waals surface area (Å²) >= 11 is 0. The smallest absolute Gasteiger partial charge is 0.0966 e. The molecular formula is C13H20N2O2. The first-order chi connectivity index (χ1) is 8.31. The molecule has 1 aromatic heterocycles. The molecule has 1 aliphatic rings. The lowest BCUT2D eigenvalue weighted by Gasteiger charge is -2.28. The van der Waals surface area contributed by atoms with E-state index in [0.29, 0.717) is 6.61 Å². The van der Waals surface area contributed by atoms with Gasteiger partial charge >= 0.3 is 0 Å². The van der Waals surface area contributed by atoms with Gasteiger partial charge in [0.15, 0.2) is 0 Å². The van der Waals surface area contributed by atoms with Gasteiger partial charge in [-0.05, 0) is 26.0 Å². The van der Waals surface area contributed by atoms with Gasteiger partial charge in [0, 0.05) is 19.7 Å². The summed E-state index contributed by atoms with van der Waals surface area (Å²) in [5.41, 5.74) is 2.16. The summed E-state index contributed by atoms with van der Waals surface area (Å²) in [6.45, 7) is 8.24. The molecule has 0 bridgehead atoms. The number of ether oxygens (including phenoxy) is 2. The Morgan fingerprint density at radius 1 is 1.41 bits per heavy atom. The molecule has 0 N–H and O–H groups in total. The molecule has 1 unspecified atom stereocenters. The molecule has 0 aliphatic carbocycles. The fourth-order valence-corrected chi connectivity index (χ4v) is 1.98. The van der Waals surface area contributed by atoms with Crippen LogP contribution in [0.1, 0.15) is 25.6 Å². The molecule has 1 saturated heterocycles. The number of anilines is 1. The summed E-state index contributed by atoms with van der Waals surface area (Å²) in [5.74, 6) is 0. The first kappa shape index (κ1) is 12.3. The SMILES string of the molecule is CCOC(C)c1ccc(N2CCOCC2)cn1. The van der Waals surface area contributed by atoms with Gasteiger partial charge in [0.1, 0.15) is 0 Å². The summed E-state index contributed by atoms with van der Waals surface area (Å²) in [4.78, 5) is 6.76. The normalized spacial score (nSPS) is 18.1. The van der Waals surface area contributed by atoms with Crippen LogP contribution in [0.5, 0.6) is 0 Å². The molecule has 2 rings (SSSR count). The van der Waals surface area contributed by atoms with Gasteiger partial charge < -0.3 is 14.4 Å². The third-order valence-corrected chi connectivity index (χ3v) is 2.98. The third kappa shape index (κ3) is 3.17. The van der Waals surface area contributed by atoms with E-state index in [9.17, 15) is 0 Å². The average Bonchev–Trinajstić information content (AvgIpc) is 2.40. The lowest BCUT2D eigenvalue weighted by Crippen LogP contribution is -2.36. The lowest BCUT2D eigenvalue weighted by molar-refractivity contribution is 0.0733. The molecule has 2 heterocycles. The molecule has 0 spiro atoms. The number of pyridine rings is 1. The monoisotopic (exact) mass is 236 g/mol. The van der Waals surface area contributed by atoms with E-state index in [4.69, 9.17) is 9.47 Å². The predicted molar refractivity (Wildman–Crippen MR) is 67.3 cm³/mol. The molecule has 94 valence electrons. The van der Waals surface area contributed by atoms with Crippen molar-refractivity contribution in [3.05, 3.63) is 24.0 Å². The maximum Gasteiger partial charge on any atom is 0.0966 e. The Bertz CT molecular complexity index is 334. The van der Waals surface area contributed by atoms with E-state index in [1.165, 1.54) is 5.69 Å². The molecule has 1 fully saturated rings. The number of hydrogen-bond acceptors (Lipinski definition) is 4. The van der Waals surface area contributed by atoms with Crippen LogP contribution in [0.25, 0.3) is 0 Å². The second-order valence-electron chi connectivity index (χ2n) is 4.14. The largest absolute Gasteiger partial charge is 0.378 e. The van der Waals surface area contributed by atoms with Crippen molar-refractivity contribution in [3.8, 4) is 0 Å². The Kier molecular flexibility index (Phi) is 4.34. The van der Waals surface area contributed by atoms with Gasteiger partial charge in [0.2, 0.25) is 0 Å². The summed E-state index contributed by atoms with van der Waals surface area (Å²) in [6, 6.07) is 4.16. The van der Waals surface area contributed by atoms with E-state index in [0.717, 1.165) is 32.0 Å². The second-order valence-corrected chi connectivity index (χ2v) is 4.14. The van der Waals surface area contributed by atoms with Crippen LogP contribution in [-0.4, -0.2) is 37.9 Å². The molecule has 1 atom stereocenters. The maximum absolute atomic E-state index is 5.52. The van der Waals surface area contributed by atoms with E-state index in [-0.39, 0.29) is 6.10 Å². The molecule has 1 aliphatic heterocycles. The zero-order valence-electron chi connectivity index (χ0n) is 10.6. The summed E-state index contributed by atoms with van der Waals surface area (Å²) < 4.78 is 10.9. The van der Waals surface area contributed by atoms with Crippen LogP contribution in [-0.2, 0) is 9.47 Å². The Hall–Kier alpha value is -1.13. The zero-order chi connectivity index (χ0) is 12.1. The topological polar surface area (TPSA) is 34.6 Å². The molecule has 1 aromatic rings. The quantitative estimate of drug-likeness (QED) is 0.801. The fraction of sp³-hybridized carbons (Fsp3) is 0.615. The van der Waals surface area contributed by atoms with E-state index in [2.05, 4.69) is 16.0 Å². The Balaban J connectivity index is 2.01. The van der Waals surface area contributed by atoms with E-state index in [1.54, 1.807) is 0 Å². The Labute approximate surface area is 103 Å². The number of morpholine rings is 1. The molecule has 17 heavy (non-hydrogen) atoms. The van der Waals surface area contributed by atoms with E-state index >= 15 is 0 Å². The van der Waals surface area contributed by atoms with Crippen molar-refractivity contribution in [1.82, 2.24) is 4.98 Å². The fourth-order valence-electron chi connectivity index (χ4n) is 1.98. The number of rotatable bonds is 4. The van der Waals surface area contributed by atoms with Gasteiger partial charge in [-0.2, -0.15) is 0 Å². The van der Waals surface area contributed by atoms with E-state index in [1.807, 2.05) is 26.1 Å². The van der Waals surface area contributed by atoms with Crippen molar-refractivity contribution in [2.45, 2.75) is 20.0 Å². The zero-order valence-corrected chi connectivity index (χ0v) is 10.6. The van der Waals surface area contributed by atoms with E-state index < -0.39 is 0 Å². The van der Waals surface area contributed by atoms with Gasteiger partial charge in [-0.3, -0.25) is 4.98 Å². The van der Waals surface area contributed by atoms with Crippen molar-refractivity contribution in [1.29, 1.82) is 0 Å². The van der Waals surface area contributed by atoms with Gasteiger partial charge in [0.05, 0.1) is 36.9 Å². The summed E-state index contributed by atoms with van der Waals surface area (Å²) in [5, 5.41) is 0. The highest BCUT2D eigenvalue weighted by molar-refractivity contribution is 5.45. The minimum absolute atomic E-state index is 0.0683. The second kappa shape index (κ2) is 5.98. The van der Waals surface area contributed by atoms with Crippen molar-refractivity contribution >= 4 is 5.69 Å². The molecular weight excluding hydrogens is 216 g/mol. The van der Waals surface area contributed by atoms with Crippen molar-refractivity contribution < 1.29 is 9.47 Å². The highest BCUT2D eigenvalue weighted by atomic mass is 16.5. The van der Waals surface area contributed by atoms with Crippen LogP contribution in [0.4, 0.5) is 5.69 Å². The van der Waals surface area contributed by atoms with Crippen LogP contribution in [0.3, 0.4) is 0 Å². The summed E-state index contributed by atoms with van der Waals surface area (Å²) in [6.07, 6.45) is 2.00. The van der Waals surface area contributed by atoms with Crippen LogP contribution >= 0.6 is 0 Å². The van der Waals surface area contributed by atoms with Gasteiger partial charge in [-0.15, -0.1) is 0 Å². The standard InChI is InChI=1S/C13H20N2O2/c1-3-17-11(2)13-5-4-12(10-14-13)15-6-8-16-9-7-15/h4-5,10-11H,3,6-9H2,1-2H3. The molecule has 4 heteroatoms. The van der Waals surface area contributed by atoms with Crippen LogP contribution in [0.2, 0.25) is 0 Å². The highest BCUT2D eigenvalue weighted by Crippen LogP contribution is 2.19. The molecule has 0 saturated carbocycles. The van der Waals surface area contributed by atoms with Gasteiger partial charge in [-0.25, -0.2) is 0 Å². The molecule has 0 radical (unpaired) electrons. The molecule has 0 amide bonds. The van der Waals surface area contributed by atoms with Crippen molar-refractivity contribution in [3.63, 3.8) is 0 Å². The van der Waals surface area contributed by atoms with Crippen LogP contribution < -0.4 is 4.90 Å². The maximum atomic E-state index is 5.52. The number of hydrogen-bond donors (Lipinski definition) is 0. The highest BCUT2D eigenvalue weighted by Gasteiger charge is 2.12. The van der Waals surface area contributed by atoms with Crippen molar-refractivity contribution in [2.75, 3.05) is 37.8 Å². The molecule has 0 aromatic carbocycles. The lowest BCUT2D eigenvalue weighted by atomic mass is 10.2. The third-order valence-electron chi connectivity index (χ3n) is 2.98. The van der Waals surface area contributed by atoms with Crippen LogP contribution in [0.15, 0.2) is 18.3 Å². The predicted octanol–water partition coefficient (Wildman–Crippen LogP) is 2.02. The van der Waals surface area contributed by atoms with Gasteiger partial charge in [-0.1, -0.05) is 0 Å². The summed E-state index contributed by atoms with van der Waals surface area (Å²) in [7, 11) is 0. The minimum atomic E-state index is 0.0683.